The Balaban J connectivity index is 0.00000341. The highest BCUT2D eigenvalue weighted by molar-refractivity contribution is 14.0. The summed E-state index contributed by atoms with van der Waals surface area (Å²) in [6.07, 6.45) is 4.12. The summed E-state index contributed by atoms with van der Waals surface area (Å²) in [7, 11) is 0. The fraction of sp³-hybridized carbons (Fsp3) is 0.435. The average molecular weight is 537 g/mol. The molecule has 2 heterocycles. The van der Waals surface area contributed by atoms with Crippen LogP contribution in [0.15, 0.2) is 44.5 Å². The molecule has 1 aromatic carbocycles. The minimum Gasteiger partial charge on any atom is -0.444 e. The molecule has 0 unspecified atom stereocenters. The summed E-state index contributed by atoms with van der Waals surface area (Å²) in [4.78, 5) is 9.31. The van der Waals surface area contributed by atoms with Crippen LogP contribution in [0.5, 0.6) is 0 Å². The summed E-state index contributed by atoms with van der Waals surface area (Å²) in [6, 6.07) is 8.17. The van der Waals surface area contributed by atoms with Crippen LogP contribution in [-0.4, -0.2) is 29.2 Å². The zero-order chi connectivity index (χ0) is 21.3. The van der Waals surface area contributed by atoms with Crippen molar-refractivity contribution in [1.82, 2.24) is 20.8 Å². The number of nitrogens with zero attached hydrogens (tertiary/aromatic N) is 3. The Bertz CT molecular complexity index is 941. The molecule has 0 bridgehead atoms. The van der Waals surface area contributed by atoms with Gasteiger partial charge in [-0.2, -0.15) is 0 Å². The molecule has 0 aliphatic rings. The van der Waals surface area contributed by atoms with Gasteiger partial charge in [0, 0.05) is 37.1 Å². The topological polar surface area (TPSA) is 88.5 Å². The van der Waals surface area contributed by atoms with E-state index in [0.717, 1.165) is 60.0 Å². The Morgan fingerprint density at radius 3 is 2.52 bits per heavy atom. The quantitative estimate of drug-likeness (QED) is 0.234. The SMILES string of the molecule is CCNC(=NCc1c(CC)noc1CC)NCCc1coc(-c2ccc(C)cc2)n1.I. The van der Waals surface area contributed by atoms with E-state index in [4.69, 9.17) is 13.9 Å². The van der Waals surface area contributed by atoms with Gasteiger partial charge in [-0.25, -0.2) is 9.98 Å². The van der Waals surface area contributed by atoms with Gasteiger partial charge in [-0.1, -0.05) is 36.7 Å². The van der Waals surface area contributed by atoms with Gasteiger partial charge in [0.05, 0.1) is 17.9 Å². The number of oxazole rings is 1. The van der Waals surface area contributed by atoms with E-state index in [1.165, 1.54) is 5.56 Å². The molecule has 7 nitrogen and oxygen atoms in total. The lowest BCUT2D eigenvalue weighted by Gasteiger charge is -2.10. The van der Waals surface area contributed by atoms with Gasteiger partial charge in [-0.05, 0) is 32.4 Å². The van der Waals surface area contributed by atoms with E-state index in [9.17, 15) is 0 Å². The summed E-state index contributed by atoms with van der Waals surface area (Å²) in [6.45, 7) is 10.3. The maximum atomic E-state index is 5.64. The number of benzene rings is 1. The standard InChI is InChI=1S/C23H31N5O2.HI/c1-5-20-19(21(6-2)30-28-20)14-26-23(24-7-3)25-13-12-18-15-29-22(27-18)17-10-8-16(4)9-11-17;/h8-11,15H,5-7,12-14H2,1-4H3,(H2,24,25,26);1H. The summed E-state index contributed by atoms with van der Waals surface area (Å²) in [5.41, 5.74) is 5.19. The van der Waals surface area contributed by atoms with Gasteiger partial charge in [0.25, 0.3) is 0 Å². The molecule has 0 radical (unpaired) electrons. The first-order valence-electron chi connectivity index (χ1n) is 10.6. The van der Waals surface area contributed by atoms with Crippen LogP contribution in [0, 0.1) is 6.92 Å². The predicted molar refractivity (Wildman–Crippen MR) is 134 cm³/mol. The maximum absolute atomic E-state index is 5.64. The predicted octanol–water partition coefficient (Wildman–Crippen LogP) is 4.68. The highest BCUT2D eigenvalue weighted by atomic mass is 127. The normalized spacial score (nSPS) is 11.3. The van der Waals surface area contributed by atoms with Crippen molar-refractivity contribution < 1.29 is 8.94 Å². The van der Waals surface area contributed by atoms with Crippen LogP contribution in [0.4, 0.5) is 0 Å². The first kappa shape index (κ1) is 24.9. The van der Waals surface area contributed by atoms with Crippen LogP contribution < -0.4 is 10.6 Å². The molecule has 0 fully saturated rings. The zero-order valence-electron chi connectivity index (χ0n) is 18.7. The Kier molecular flexibility index (Phi) is 10.0. The van der Waals surface area contributed by atoms with Crippen molar-refractivity contribution in [3.63, 3.8) is 0 Å². The minimum atomic E-state index is 0. The summed E-state index contributed by atoms with van der Waals surface area (Å²) < 4.78 is 11.1. The van der Waals surface area contributed by atoms with E-state index in [1.807, 2.05) is 12.1 Å². The van der Waals surface area contributed by atoms with Crippen LogP contribution in [0.3, 0.4) is 0 Å². The molecule has 0 aliphatic carbocycles. The van der Waals surface area contributed by atoms with Gasteiger partial charge in [0.15, 0.2) is 5.96 Å². The number of nitrogens with one attached hydrogen (secondary N) is 2. The lowest BCUT2D eigenvalue weighted by atomic mass is 10.1. The van der Waals surface area contributed by atoms with E-state index in [0.29, 0.717) is 19.0 Å². The molecular weight excluding hydrogens is 505 g/mol. The second-order valence-corrected chi connectivity index (χ2v) is 7.12. The highest BCUT2D eigenvalue weighted by Gasteiger charge is 2.13. The van der Waals surface area contributed by atoms with Gasteiger partial charge in [0.2, 0.25) is 5.89 Å². The minimum absolute atomic E-state index is 0. The number of aryl methyl sites for hydroxylation is 3. The Hall–Kier alpha value is -2.36. The third-order valence-corrected chi connectivity index (χ3v) is 4.87. The number of hydrogen-bond donors (Lipinski definition) is 2. The fourth-order valence-corrected chi connectivity index (χ4v) is 3.18. The van der Waals surface area contributed by atoms with E-state index < -0.39 is 0 Å². The van der Waals surface area contributed by atoms with Gasteiger partial charge in [-0.3, -0.25) is 0 Å². The summed E-state index contributed by atoms with van der Waals surface area (Å²) >= 11 is 0. The van der Waals surface area contributed by atoms with Crippen LogP contribution in [0.1, 0.15) is 49.0 Å². The first-order chi connectivity index (χ1) is 14.6. The van der Waals surface area contributed by atoms with Crippen molar-refractivity contribution in [3.8, 4) is 11.5 Å². The number of hydrogen-bond acceptors (Lipinski definition) is 5. The molecule has 168 valence electrons. The molecule has 3 rings (SSSR count). The maximum Gasteiger partial charge on any atom is 0.226 e. The second kappa shape index (κ2) is 12.5. The molecule has 3 aromatic rings. The first-order valence-corrected chi connectivity index (χ1v) is 10.6. The molecule has 8 heteroatoms. The van der Waals surface area contributed by atoms with Gasteiger partial charge in [0.1, 0.15) is 12.0 Å². The van der Waals surface area contributed by atoms with E-state index in [2.05, 4.69) is 60.6 Å². The van der Waals surface area contributed by atoms with E-state index >= 15 is 0 Å². The monoisotopic (exact) mass is 537 g/mol. The van der Waals surface area contributed by atoms with Crippen LogP contribution >= 0.6 is 24.0 Å². The fourth-order valence-electron chi connectivity index (χ4n) is 3.18. The molecule has 2 N–H and O–H groups in total. The third kappa shape index (κ3) is 6.81. The van der Waals surface area contributed by atoms with Gasteiger partial charge >= 0.3 is 0 Å². The highest BCUT2D eigenvalue weighted by Crippen LogP contribution is 2.19. The molecule has 0 atom stereocenters. The molecular formula is C23H32IN5O2. The number of halogens is 1. The zero-order valence-corrected chi connectivity index (χ0v) is 21.0. The molecule has 0 amide bonds. The number of guanidine groups is 1. The van der Waals surface area contributed by atoms with Crippen LogP contribution in [0.25, 0.3) is 11.5 Å². The second-order valence-electron chi connectivity index (χ2n) is 7.12. The molecule has 2 aromatic heterocycles. The number of aliphatic imine (C=N–C) groups is 1. The smallest absolute Gasteiger partial charge is 0.226 e. The number of rotatable bonds is 9. The number of aromatic nitrogens is 2. The molecule has 0 saturated carbocycles. The Labute approximate surface area is 201 Å². The van der Waals surface area contributed by atoms with Crippen LogP contribution in [-0.2, 0) is 25.8 Å². The molecule has 0 aliphatic heterocycles. The van der Waals surface area contributed by atoms with E-state index in [1.54, 1.807) is 6.26 Å². The molecule has 0 saturated heterocycles. The van der Waals surface area contributed by atoms with Crippen molar-refractivity contribution in [1.29, 1.82) is 0 Å². The Morgan fingerprint density at radius 1 is 1.06 bits per heavy atom. The van der Waals surface area contributed by atoms with Gasteiger partial charge < -0.3 is 19.6 Å². The van der Waals surface area contributed by atoms with Gasteiger partial charge in [-0.15, -0.1) is 24.0 Å². The van der Waals surface area contributed by atoms with Crippen molar-refractivity contribution in [2.24, 2.45) is 4.99 Å². The lowest BCUT2D eigenvalue weighted by Crippen LogP contribution is -2.38. The molecule has 0 spiro atoms. The van der Waals surface area contributed by atoms with Crippen LogP contribution in [0.2, 0.25) is 0 Å². The van der Waals surface area contributed by atoms with Crippen molar-refractivity contribution in [2.45, 2.75) is 53.5 Å². The average Bonchev–Trinajstić information content (AvgIpc) is 3.39. The summed E-state index contributed by atoms with van der Waals surface area (Å²) in [5.74, 6) is 2.33. The third-order valence-electron chi connectivity index (χ3n) is 4.87. The molecule has 31 heavy (non-hydrogen) atoms. The van der Waals surface area contributed by atoms with Crippen molar-refractivity contribution in [2.75, 3.05) is 13.1 Å². The Morgan fingerprint density at radius 2 is 1.84 bits per heavy atom. The summed E-state index contributed by atoms with van der Waals surface area (Å²) in [5, 5.41) is 10.8. The van der Waals surface area contributed by atoms with E-state index in [-0.39, 0.29) is 24.0 Å². The van der Waals surface area contributed by atoms with Crippen molar-refractivity contribution in [3.05, 3.63) is 58.8 Å². The largest absolute Gasteiger partial charge is 0.444 e. The lowest BCUT2D eigenvalue weighted by molar-refractivity contribution is 0.380. The van der Waals surface area contributed by atoms with Crippen molar-refractivity contribution >= 4 is 29.9 Å².